The second kappa shape index (κ2) is 8.25. The number of fused-ring (bicyclic) bond motifs is 1. The summed E-state index contributed by atoms with van der Waals surface area (Å²) in [5.74, 6) is 0.295. The Hall–Kier alpha value is -1.23. The van der Waals surface area contributed by atoms with Crippen LogP contribution in [0.2, 0.25) is 0 Å². The number of nitrogens with one attached hydrogen (secondary N) is 1. The smallest absolute Gasteiger partial charge is 0.330 e. The maximum Gasteiger partial charge on any atom is 0.330 e. The molecular weight excluding hydrogens is 411 g/mol. The quantitative estimate of drug-likeness (QED) is 0.443. The zero-order valence-corrected chi connectivity index (χ0v) is 17.4. The van der Waals surface area contributed by atoms with Crippen LogP contribution in [0, 0.1) is 11.3 Å². The highest BCUT2D eigenvalue weighted by Crippen LogP contribution is 2.63. The van der Waals surface area contributed by atoms with Gasteiger partial charge in [0, 0.05) is 23.9 Å². The first-order valence-electron chi connectivity index (χ1n) is 8.81. The van der Waals surface area contributed by atoms with E-state index in [1.807, 2.05) is 0 Å². The molecule has 10 nitrogen and oxygen atoms in total. The number of nitrogens with zero attached hydrogens (tertiary/aromatic N) is 1. The number of aromatic nitrogens is 2. The first-order chi connectivity index (χ1) is 13.2. The number of carbonyl (C=O) groups excluding carboxylic acids is 1. The number of aliphatic hydroxyl groups is 1. The molecular formula is C16H23N2O8PS. The van der Waals surface area contributed by atoms with Gasteiger partial charge in [-0.3, -0.25) is 23.7 Å². The summed E-state index contributed by atoms with van der Waals surface area (Å²) in [6.45, 7) is 5.41. The summed E-state index contributed by atoms with van der Waals surface area (Å²) in [5, 5.41) is 10.6. The lowest BCUT2D eigenvalue weighted by atomic mass is 10.0. The van der Waals surface area contributed by atoms with Crippen molar-refractivity contribution in [2.75, 3.05) is 12.4 Å². The molecule has 0 radical (unpaired) electrons. The summed E-state index contributed by atoms with van der Waals surface area (Å²) in [4.78, 5) is 36.7. The molecule has 2 aliphatic rings. The van der Waals surface area contributed by atoms with E-state index in [2.05, 4.69) is 4.98 Å². The molecule has 1 aromatic heterocycles. The van der Waals surface area contributed by atoms with Gasteiger partial charge in [0.1, 0.15) is 12.2 Å². The van der Waals surface area contributed by atoms with Crippen molar-refractivity contribution in [3.05, 3.63) is 33.1 Å². The Morgan fingerprint density at radius 3 is 2.79 bits per heavy atom. The second-order valence-corrected chi connectivity index (χ2v) is 9.36. The fourth-order valence-corrected chi connectivity index (χ4v) is 4.92. The van der Waals surface area contributed by atoms with Crippen LogP contribution in [-0.2, 0) is 23.1 Å². The van der Waals surface area contributed by atoms with Crippen LogP contribution < -0.4 is 11.2 Å². The molecule has 0 amide bonds. The number of aromatic amines is 1. The molecule has 1 saturated heterocycles. The predicted octanol–water partition coefficient (Wildman–Crippen LogP) is 0.522. The normalized spacial score (nSPS) is 32.3. The van der Waals surface area contributed by atoms with E-state index in [0.29, 0.717) is 5.75 Å². The molecule has 6 atom stereocenters. The highest BCUT2D eigenvalue weighted by Gasteiger charge is 2.75. The monoisotopic (exact) mass is 434 g/mol. The molecule has 0 spiro atoms. The van der Waals surface area contributed by atoms with Gasteiger partial charge in [-0.05, 0) is 0 Å². The van der Waals surface area contributed by atoms with Crippen molar-refractivity contribution in [2.24, 2.45) is 11.3 Å². The average molecular weight is 434 g/mol. The van der Waals surface area contributed by atoms with Crippen LogP contribution >= 0.6 is 20.0 Å². The Labute approximate surface area is 165 Å². The van der Waals surface area contributed by atoms with E-state index in [4.69, 9.17) is 13.8 Å². The number of carbonyl (C=O) groups is 1. The number of aliphatic hydroxyl groups excluding tert-OH is 1. The molecule has 3 rings (SSSR count). The van der Waals surface area contributed by atoms with Gasteiger partial charge in [0.25, 0.3) is 5.56 Å². The summed E-state index contributed by atoms with van der Waals surface area (Å²) >= 11 is 1.11. The minimum Gasteiger partial charge on any atom is -0.388 e. The molecule has 1 unspecified atom stereocenters. The van der Waals surface area contributed by atoms with Crippen molar-refractivity contribution < 1.29 is 28.3 Å². The Morgan fingerprint density at radius 1 is 1.50 bits per heavy atom. The number of hydrogen-bond donors (Lipinski definition) is 2. The third-order valence-corrected chi connectivity index (χ3v) is 6.97. The zero-order chi connectivity index (χ0) is 20.6. The lowest BCUT2D eigenvalue weighted by Crippen LogP contribution is -2.39. The third kappa shape index (κ3) is 4.05. The van der Waals surface area contributed by atoms with Crippen LogP contribution in [0.25, 0.3) is 0 Å². The van der Waals surface area contributed by atoms with E-state index in [-0.39, 0.29) is 17.6 Å². The Bertz CT molecular complexity index is 886. The van der Waals surface area contributed by atoms with Gasteiger partial charge >= 0.3 is 13.9 Å². The minimum atomic E-state index is -2.82. The van der Waals surface area contributed by atoms with E-state index in [1.165, 1.54) is 6.20 Å². The van der Waals surface area contributed by atoms with Crippen molar-refractivity contribution in [1.29, 1.82) is 0 Å². The summed E-state index contributed by atoms with van der Waals surface area (Å²) in [7, 11) is -2.82. The van der Waals surface area contributed by atoms with E-state index in [0.717, 1.165) is 22.4 Å². The van der Waals surface area contributed by atoms with Gasteiger partial charge in [0.05, 0.1) is 18.1 Å². The SMILES string of the molecule is CC(C)C(=O)SCCO[P@H](=O)OC1[C@H]2O[C@@H](n3ccc(=O)[nH]c3=O)[C@H](O)[C@@]12C. The fraction of sp³-hybridized carbons (Fsp3) is 0.688. The number of ether oxygens (including phenoxy) is 1. The summed E-state index contributed by atoms with van der Waals surface area (Å²) in [6.07, 6.45) is -2.00. The van der Waals surface area contributed by atoms with Gasteiger partial charge in [-0.25, -0.2) is 4.79 Å². The number of rotatable bonds is 8. The molecule has 1 aliphatic carbocycles. The van der Waals surface area contributed by atoms with Crippen LogP contribution in [0.5, 0.6) is 0 Å². The second-order valence-electron chi connectivity index (χ2n) is 7.23. The van der Waals surface area contributed by atoms with E-state index >= 15 is 0 Å². The van der Waals surface area contributed by atoms with Crippen molar-refractivity contribution in [3.8, 4) is 0 Å². The molecule has 28 heavy (non-hydrogen) atoms. The summed E-state index contributed by atoms with van der Waals surface area (Å²) < 4.78 is 29.3. The standard InChI is InChI=1S/C16H23N2O8PS/c1-8(2)14(21)28-7-6-24-27(23)26-12-11-16(12,3)10(20)13(25-11)18-5-4-9(19)17-15(18)22/h4-5,8,10-13,20,27H,6-7H2,1-3H3,(H,17,19,22)/t10-,11+,12?,13+,16+/m0/s1. The molecule has 156 valence electrons. The van der Waals surface area contributed by atoms with Gasteiger partial charge in [0.15, 0.2) is 11.3 Å². The topological polar surface area (TPSA) is 137 Å². The average Bonchev–Trinajstić information content (AvgIpc) is 3.08. The largest absolute Gasteiger partial charge is 0.388 e. The van der Waals surface area contributed by atoms with E-state index in [1.54, 1.807) is 20.8 Å². The van der Waals surface area contributed by atoms with Crippen molar-refractivity contribution in [2.45, 2.75) is 45.3 Å². The van der Waals surface area contributed by atoms with Crippen molar-refractivity contribution in [1.82, 2.24) is 9.55 Å². The van der Waals surface area contributed by atoms with Gasteiger partial charge < -0.3 is 18.9 Å². The third-order valence-electron chi connectivity index (χ3n) is 4.95. The fourth-order valence-electron chi connectivity index (χ4n) is 3.14. The molecule has 1 aromatic rings. The van der Waals surface area contributed by atoms with Crippen LogP contribution in [0.1, 0.15) is 27.0 Å². The lowest BCUT2D eigenvalue weighted by Gasteiger charge is -2.24. The minimum absolute atomic E-state index is 0.0356. The highest BCUT2D eigenvalue weighted by atomic mass is 32.2. The van der Waals surface area contributed by atoms with Gasteiger partial charge in [0.2, 0.25) is 0 Å². The number of thioether (sulfide) groups is 1. The molecule has 2 heterocycles. The Kier molecular flexibility index (Phi) is 6.33. The molecule has 2 N–H and O–H groups in total. The van der Waals surface area contributed by atoms with Crippen LogP contribution in [0.3, 0.4) is 0 Å². The lowest BCUT2D eigenvalue weighted by molar-refractivity contribution is -0.113. The summed E-state index contributed by atoms with van der Waals surface area (Å²) in [6, 6.07) is 1.16. The molecule has 1 saturated carbocycles. The molecule has 0 aromatic carbocycles. The van der Waals surface area contributed by atoms with Crippen molar-refractivity contribution >= 4 is 25.1 Å². The van der Waals surface area contributed by atoms with Gasteiger partial charge in [-0.15, -0.1) is 0 Å². The van der Waals surface area contributed by atoms with E-state index < -0.39 is 49.5 Å². The molecule has 2 fully saturated rings. The maximum absolute atomic E-state index is 12.0. The number of H-pyrrole nitrogens is 1. The predicted molar refractivity (Wildman–Crippen MR) is 101 cm³/mol. The van der Waals surface area contributed by atoms with E-state index in [9.17, 15) is 24.1 Å². The maximum atomic E-state index is 12.0. The van der Waals surface area contributed by atoms with Gasteiger partial charge in [-0.1, -0.05) is 32.5 Å². The van der Waals surface area contributed by atoms with Crippen LogP contribution in [-0.4, -0.2) is 50.4 Å². The first kappa shape index (κ1) is 21.5. The highest BCUT2D eigenvalue weighted by molar-refractivity contribution is 8.13. The Morgan fingerprint density at radius 2 is 2.21 bits per heavy atom. The Balaban J connectivity index is 1.50. The number of hydrogen-bond acceptors (Lipinski definition) is 9. The van der Waals surface area contributed by atoms with Crippen LogP contribution in [0.15, 0.2) is 21.9 Å². The summed E-state index contributed by atoms with van der Waals surface area (Å²) in [5.41, 5.74) is -2.08. The zero-order valence-electron chi connectivity index (χ0n) is 15.6. The van der Waals surface area contributed by atoms with Crippen molar-refractivity contribution in [3.63, 3.8) is 0 Å². The molecule has 1 aliphatic heterocycles. The first-order valence-corrected chi connectivity index (χ1v) is 11.0. The molecule has 12 heteroatoms. The van der Waals surface area contributed by atoms with Gasteiger partial charge in [-0.2, -0.15) is 0 Å². The molecule has 0 bridgehead atoms. The van der Waals surface area contributed by atoms with Crippen LogP contribution in [0.4, 0.5) is 0 Å².